The van der Waals surface area contributed by atoms with Gasteiger partial charge in [0.25, 0.3) is 0 Å². The molecule has 1 saturated heterocycles. The Labute approximate surface area is 201 Å². The molecule has 1 fully saturated rings. The molecule has 3 rings (SSSR count). The summed E-state index contributed by atoms with van der Waals surface area (Å²) in [4.78, 5) is 29.5. The highest BCUT2D eigenvalue weighted by Gasteiger charge is 2.25. The summed E-state index contributed by atoms with van der Waals surface area (Å²) in [5.41, 5.74) is 2.56. The lowest BCUT2D eigenvalue weighted by Crippen LogP contribution is -2.47. The maximum absolute atomic E-state index is 11.9. The van der Waals surface area contributed by atoms with Gasteiger partial charge in [-0.3, -0.25) is 19.5 Å². The second kappa shape index (κ2) is 13.1. The van der Waals surface area contributed by atoms with Crippen LogP contribution in [0.1, 0.15) is 36.3 Å². The van der Waals surface area contributed by atoms with E-state index in [1.54, 1.807) is 7.05 Å². The molecule has 2 amide bonds. The summed E-state index contributed by atoms with van der Waals surface area (Å²) >= 11 is 0. The van der Waals surface area contributed by atoms with Gasteiger partial charge in [-0.25, -0.2) is 0 Å². The number of piperidine rings is 1. The molecule has 31 heavy (non-hydrogen) atoms. The van der Waals surface area contributed by atoms with Gasteiger partial charge in [0.15, 0.2) is 5.96 Å². The van der Waals surface area contributed by atoms with E-state index in [4.69, 9.17) is 0 Å². The van der Waals surface area contributed by atoms with Crippen molar-refractivity contribution in [2.75, 3.05) is 26.7 Å². The lowest BCUT2D eigenvalue weighted by molar-refractivity contribution is -0.147. The molecule has 2 aromatic carbocycles. The summed E-state index contributed by atoms with van der Waals surface area (Å²) < 4.78 is 0. The number of nitrogens with zero attached hydrogens (tertiary/aromatic N) is 2. The molecule has 6 nitrogen and oxygen atoms in total. The Balaban J connectivity index is 0.00000341. The first kappa shape index (κ1) is 24.8. The van der Waals surface area contributed by atoms with E-state index in [0.29, 0.717) is 38.3 Å². The van der Waals surface area contributed by atoms with E-state index in [2.05, 4.69) is 64.2 Å². The number of amides is 2. The van der Waals surface area contributed by atoms with Crippen LogP contribution in [-0.4, -0.2) is 49.4 Å². The molecule has 0 spiro atoms. The number of halogens is 1. The highest BCUT2D eigenvalue weighted by Crippen LogP contribution is 2.20. The molecule has 0 radical (unpaired) electrons. The zero-order valence-electron chi connectivity index (χ0n) is 17.9. The molecule has 1 heterocycles. The van der Waals surface area contributed by atoms with Crippen molar-refractivity contribution in [2.45, 2.75) is 31.6 Å². The van der Waals surface area contributed by atoms with Gasteiger partial charge in [0.05, 0.1) is 0 Å². The summed E-state index contributed by atoms with van der Waals surface area (Å²) in [6, 6.07) is 20.9. The fraction of sp³-hybridized carbons (Fsp3) is 0.375. The van der Waals surface area contributed by atoms with E-state index in [1.165, 1.54) is 16.0 Å². The van der Waals surface area contributed by atoms with E-state index in [9.17, 15) is 9.59 Å². The highest BCUT2D eigenvalue weighted by molar-refractivity contribution is 14.0. The zero-order chi connectivity index (χ0) is 21.2. The Hall–Kier alpha value is -2.42. The molecule has 0 aliphatic carbocycles. The third-order valence-electron chi connectivity index (χ3n) is 5.35. The minimum absolute atomic E-state index is 0. The van der Waals surface area contributed by atoms with Gasteiger partial charge < -0.3 is 10.6 Å². The minimum atomic E-state index is -0.0806. The predicted molar refractivity (Wildman–Crippen MR) is 135 cm³/mol. The zero-order valence-corrected chi connectivity index (χ0v) is 20.3. The Kier molecular flexibility index (Phi) is 10.5. The number of aliphatic imine (C=N–C) groups is 1. The summed E-state index contributed by atoms with van der Waals surface area (Å²) in [6.45, 7) is 1.57. The normalized spacial score (nSPS) is 15.3. The van der Waals surface area contributed by atoms with Crippen LogP contribution in [0, 0.1) is 0 Å². The average molecular weight is 534 g/mol. The minimum Gasteiger partial charge on any atom is -0.356 e. The lowest BCUT2D eigenvalue weighted by Gasteiger charge is -2.25. The van der Waals surface area contributed by atoms with Crippen LogP contribution in [0.15, 0.2) is 65.7 Å². The topological polar surface area (TPSA) is 73.8 Å². The Morgan fingerprint density at radius 3 is 2.19 bits per heavy atom. The van der Waals surface area contributed by atoms with E-state index >= 15 is 0 Å². The van der Waals surface area contributed by atoms with Crippen LogP contribution in [0.4, 0.5) is 0 Å². The van der Waals surface area contributed by atoms with Crippen molar-refractivity contribution in [3.05, 3.63) is 71.8 Å². The number of imide groups is 1. The maximum atomic E-state index is 11.9. The average Bonchev–Trinajstić information content (AvgIpc) is 2.78. The fourth-order valence-electron chi connectivity index (χ4n) is 3.71. The van der Waals surface area contributed by atoms with Gasteiger partial charge >= 0.3 is 0 Å². The first-order valence-corrected chi connectivity index (χ1v) is 10.5. The summed E-state index contributed by atoms with van der Waals surface area (Å²) in [5, 5.41) is 6.62. The van der Waals surface area contributed by atoms with Crippen LogP contribution in [0.2, 0.25) is 0 Å². The lowest BCUT2D eigenvalue weighted by atomic mass is 9.92. The first-order valence-electron chi connectivity index (χ1n) is 10.5. The SMILES string of the molecule is CN=C(NCCN1C(=O)CCCC1=O)NCC(Cc1ccccc1)c1ccccc1.I. The van der Waals surface area contributed by atoms with E-state index in [-0.39, 0.29) is 41.7 Å². The van der Waals surface area contributed by atoms with Crippen LogP contribution in [-0.2, 0) is 16.0 Å². The number of likely N-dealkylation sites (tertiary alicyclic amines) is 1. The van der Waals surface area contributed by atoms with Crippen molar-refractivity contribution in [2.24, 2.45) is 4.99 Å². The molecule has 0 bridgehead atoms. The van der Waals surface area contributed by atoms with Gasteiger partial charge in [-0.2, -0.15) is 0 Å². The number of nitrogens with one attached hydrogen (secondary N) is 2. The van der Waals surface area contributed by atoms with Crippen molar-refractivity contribution in [3.63, 3.8) is 0 Å². The van der Waals surface area contributed by atoms with Crippen LogP contribution >= 0.6 is 24.0 Å². The molecule has 2 aromatic rings. The molecule has 7 heteroatoms. The van der Waals surface area contributed by atoms with Crippen LogP contribution < -0.4 is 10.6 Å². The summed E-state index contributed by atoms with van der Waals surface area (Å²) in [7, 11) is 1.72. The molecule has 1 aliphatic rings. The molecule has 0 aromatic heterocycles. The summed E-state index contributed by atoms with van der Waals surface area (Å²) in [5.74, 6) is 0.796. The standard InChI is InChI=1S/C24H30N4O2.HI/c1-25-24(26-15-16-28-22(29)13-8-14-23(28)30)27-18-21(20-11-6-3-7-12-20)17-19-9-4-2-5-10-19;/h2-7,9-12,21H,8,13-18H2,1H3,(H2,25,26,27);1H. The van der Waals surface area contributed by atoms with Gasteiger partial charge in [-0.05, 0) is 24.0 Å². The van der Waals surface area contributed by atoms with Gasteiger partial charge in [-0.15, -0.1) is 24.0 Å². The van der Waals surface area contributed by atoms with Crippen molar-refractivity contribution in [1.29, 1.82) is 0 Å². The fourth-order valence-corrected chi connectivity index (χ4v) is 3.71. The number of rotatable bonds is 8. The van der Waals surface area contributed by atoms with Gasteiger partial charge in [0, 0.05) is 45.4 Å². The third kappa shape index (κ3) is 7.65. The quantitative estimate of drug-likeness (QED) is 0.236. The molecular formula is C24H31IN4O2. The Morgan fingerprint density at radius 1 is 0.968 bits per heavy atom. The number of hydrogen-bond acceptors (Lipinski definition) is 3. The van der Waals surface area contributed by atoms with Crippen molar-refractivity contribution >= 4 is 41.8 Å². The van der Waals surface area contributed by atoms with Crippen LogP contribution in [0.25, 0.3) is 0 Å². The van der Waals surface area contributed by atoms with Crippen LogP contribution in [0.5, 0.6) is 0 Å². The van der Waals surface area contributed by atoms with E-state index < -0.39 is 0 Å². The molecule has 2 N–H and O–H groups in total. The maximum Gasteiger partial charge on any atom is 0.229 e. The first-order chi connectivity index (χ1) is 14.7. The molecule has 1 aliphatic heterocycles. The number of hydrogen-bond donors (Lipinski definition) is 2. The molecule has 1 unspecified atom stereocenters. The number of guanidine groups is 1. The largest absolute Gasteiger partial charge is 0.356 e. The molecule has 1 atom stereocenters. The van der Waals surface area contributed by atoms with Crippen LogP contribution in [0.3, 0.4) is 0 Å². The highest BCUT2D eigenvalue weighted by atomic mass is 127. The second-order valence-corrected chi connectivity index (χ2v) is 7.47. The van der Waals surface area contributed by atoms with E-state index in [1.807, 2.05) is 12.1 Å². The Morgan fingerprint density at radius 2 is 1.58 bits per heavy atom. The van der Waals surface area contributed by atoms with Crippen molar-refractivity contribution < 1.29 is 9.59 Å². The monoisotopic (exact) mass is 534 g/mol. The number of carbonyl (C=O) groups is 2. The molecular weight excluding hydrogens is 503 g/mol. The Bertz CT molecular complexity index is 842. The second-order valence-electron chi connectivity index (χ2n) is 7.47. The molecule has 0 saturated carbocycles. The predicted octanol–water partition coefficient (Wildman–Crippen LogP) is 3.34. The smallest absolute Gasteiger partial charge is 0.229 e. The van der Waals surface area contributed by atoms with Gasteiger partial charge in [0.2, 0.25) is 11.8 Å². The third-order valence-corrected chi connectivity index (χ3v) is 5.35. The van der Waals surface area contributed by atoms with Crippen molar-refractivity contribution in [1.82, 2.24) is 15.5 Å². The van der Waals surface area contributed by atoms with Crippen molar-refractivity contribution in [3.8, 4) is 0 Å². The van der Waals surface area contributed by atoms with Gasteiger partial charge in [0.1, 0.15) is 0 Å². The summed E-state index contributed by atoms with van der Waals surface area (Å²) in [6.07, 6.45) is 2.49. The van der Waals surface area contributed by atoms with E-state index in [0.717, 1.165) is 13.0 Å². The number of benzene rings is 2. The molecule has 166 valence electrons. The van der Waals surface area contributed by atoms with Gasteiger partial charge in [-0.1, -0.05) is 60.7 Å². The number of carbonyl (C=O) groups excluding carboxylic acids is 2.